The van der Waals surface area contributed by atoms with Crippen LogP contribution in [0.3, 0.4) is 0 Å². The van der Waals surface area contributed by atoms with Gasteiger partial charge in [0, 0.05) is 0 Å². The van der Waals surface area contributed by atoms with E-state index in [2.05, 4.69) is 10.1 Å². The van der Waals surface area contributed by atoms with E-state index < -0.39 is 12.0 Å². The molecule has 3 rings (SSSR count). The molecule has 170 valence electrons. The highest BCUT2D eigenvalue weighted by Gasteiger charge is 2.39. The van der Waals surface area contributed by atoms with E-state index in [1.807, 2.05) is 32.0 Å². The van der Waals surface area contributed by atoms with Gasteiger partial charge in [0.15, 0.2) is 11.5 Å². The zero-order valence-corrected chi connectivity index (χ0v) is 18.6. The van der Waals surface area contributed by atoms with Gasteiger partial charge in [0.1, 0.15) is 0 Å². The first-order valence-corrected chi connectivity index (χ1v) is 10.7. The SMILES string of the molecule is CCOc1ccc(CCNC2CC(=O)N(c3ccc(C(=O)OC)cc3)C2=O)cc1OCC. The van der Waals surface area contributed by atoms with Gasteiger partial charge in [0.05, 0.1) is 44.0 Å². The van der Waals surface area contributed by atoms with E-state index in [1.54, 1.807) is 12.1 Å². The second-order valence-electron chi connectivity index (χ2n) is 7.21. The molecular weight excluding hydrogens is 412 g/mol. The topological polar surface area (TPSA) is 94.2 Å². The lowest BCUT2D eigenvalue weighted by atomic mass is 10.1. The summed E-state index contributed by atoms with van der Waals surface area (Å²) >= 11 is 0. The van der Waals surface area contributed by atoms with Gasteiger partial charge >= 0.3 is 5.97 Å². The number of rotatable bonds is 10. The largest absolute Gasteiger partial charge is 0.490 e. The van der Waals surface area contributed by atoms with Crippen molar-refractivity contribution in [3.8, 4) is 11.5 Å². The first kappa shape index (κ1) is 23.3. The second-order valence-corrected chi connectivity index (χ2v) is 7.21. The fraction of sp³-hybridized carbons (Fsp3) is 0.375. The van der Waals surface area contributed by atoms with Crippen molar-refractivity contribution in [1.82, 2.24) is 5.32 Å². The van der Waals surface area contributed by atoms with Gasteiger partial charge in [-0.05, 0) is 68.8 Å². The van der Waals surface area contributed by atoms with Crippen LogP contribution in [-0.2, 0) is 20.7 Å². The first-order valence-electron chi connectivity index (χ1n) is 10.7. The molecule has 8 nitrogen and oxygen atoms in total. The number of anilines is 1. The molecule has 1 atom stereocenters. The fourth-order valence-corrected chi connectivity index (χ4v) is 3.57. The maximum absolute atomic E-state index is 12.8. The van der Waals surface area contributed by atoms with Gasteiger partial charge in [0.25, 0.3) is 5.91 Å². The van der Waals surface area contributed by atoms with Crippen LogP contribution in [0.5, 0.6) is 11.5 Å². The Morgan fingerprint density at radius 1 is 1.03 bits per heavy atom. The number of imide groups is 1. The molecule has 1 heterocycles. The first-order chi connectivity index (χ1) is 15.5. The van der Waals surface area contributed by atoms with Crippen LogP contribution in [-0.4, -0.2) is 50.7 Å². The summed E-state index contributed by atoms with van der Waals surface area (Å²) in [7, 11) is 1.30. The Labute approximate surface area is 187 Å². The van der Waals surface area contributed by atoms with Gasteiger partial charge in [-0.15, -0.1) is 0 Å². The molecule has 1 N–H and O–H groups in total. The Bertz CT molecular complexity index is 973. The Hall–Kier alpha value is -3.39. The molecule has 0 aliphatic carbocycles. The molecule has 0 saturated carbocycles. The minimum absolute atomic E-state index is 0.0884. The summed E-state index contributed by atoms with van der Waals surface area (Å²) < 4.78 is 15.9. The number of hydrogen-bond acceptors (Lipinski definition) is 7. The third-order valence-electron chi connectivity index (χ3n) is 5.11. The molecule has 0 spiro atoms. The van der Waals surface area contributed by atoms with E-state index in [0.29, 0.717) is 48.9 Å². The number of nitrogens with zero attached hydrogens (tertiary/aromatic N) is 1. The predicted molar refractivity (Wildman–Crippen MR) is 119 cm³/mol. The standard InChI is InChI=1S/C24H28N2O6/c1-4-31-20-11-6-16(14-21(20)32-5-2)12-13-25-19-15-22(27)26(23(19)28)18-9-7-17(8-10-18)24(29)30-3/h6-11,14,19,25H,4-5,12-13,15H2,1-3H3. The molecule has 1 fully saturated rings. The number of amides is 2. The van der Waals surface area contributed by atoms with Crippen molar-refractivity contribution >= 4 is 23.5 Å². The lowest BCUT2D eigenvalue weighted by Gasteiger charge is -2.16. The van der Waals surface area contributed by atoms with E-state index in [-0.39, 0.29) is 18.2 Å². The Morgan fingerprint density at radius 3 is 2.38 bits per heavy atom. The van der Waals surface area contributed by atoms with E-state index in [9.17, 15) is 14.4 Å². The number of carbonyl (C=O) groups is 3. The summed E-state index contributed by atoms with van der Waals surface area (Å²) in [4.78, 5) is 38.0. The number of methoxy groups -OCH3 is 1. The maximum Gasteiger partial charge on any atom is 0.337 e. The lowest BCUT2D eigenvalue weighted by Crippen LogP contribution is -2.39. The summed E-state index contributed by atoms with van der Waals surface area (Å²) in [6.07, 6.45) is 0.753. The average Bonchev–Trinajstić information content (AvgIpc) is 3.08. The van der Waals surface area contributed by atoms with E-state index >= 15 is 0 Å². The molecule has 8 heteroatoms. The van der Waals surface area contributed by atoms with Crippen molar-refractivity contribution in [1.29, 1.82) is 0 Å². The van der Waals surface area contributed by atoms with Crippen LogP contribution >= 0.6 is 0 Å². The van der Waals surface area contributed by atoms with Gasteiger partial charge in [0.2, 0.25) is 5.91 Å². The van der Waals surface area contributed by atoms with Gasteiger partial charge in [-0.25, -0.2) is 9.69 Å². The number of esters is 1. The summed E-state index contributed by atoms with van der Waals surface area (Å²) in [5, 5.41) is 3.18. The quantitative estimate of drug-likeness (QED) is 0.448. The van der Waals surface area contributed by atoms with Crippen LogP contribution in [0.15, 0.2) is 42.5 Å². The van der Waals surface area contributed by atoms with E-state index in [4.69, 9.17) is 9.47 Å². The van der Waals surface area contributed by atoms with Crippen LogP contribution in [0.25, 0.3) is 0 Å². The monoisotopic (exact) mass is 440 g/mol. The van der Waals surface area contributed by atoms with Crippen LogP contribution < -0.4 is 19.7 Å². The van der Waals surface area contributed by atoms with Crippen molar-refractivity contribution in [3.05, 3.63) is 53.6 Å². The molecule has 0 bridgehead atoms. The third kappa shape index (κ3) is 5.26. The summed E-state index contributed by atoms with van der Waals surface area (Å²) in [6.45, 7) is 5.46. The number of hydrogen-bond donors (Lipinski definition) is 1. The summed E-state index contributed by atoms with van der Waals surface area (Å²) in [6, 6.07) is 11.4. The molecule has 1 saturated heterocycles. The summed E-state index contributed by atoms with van der Waals surface area (Å²) in [5.41, 5.74) is 1.83. The number of nitrogens with one attached hydrogen (secondary N) is 1. The maximum atomic E-state index is 12.8. The minimum Gasteiger partial charge on any atom is -0.490 e. The smallest absolute Gasteiger partial charge is 0.337 e. The zero-order chi connectivity index (χ0) is 23.1. The zero-order valence-electron chi connectivity index (χ0n) is 18.6. The van der Waals surface area contributed by atoms with Gasteiger partial charge < -0.3 is 19.5 Å². The Balaban J connectivity index is 1.60. The van der Waals surface area contributed by atoms with Crippen LogP contribution in [0.1, 0.15) is 36.2 Å². The number of ether oxygens (including phenoxy) is 3. The lowest BCUT2D eigenvalue weighted by molar-refractivity contribution is -0.121. The average molecular weight is 440 g/mol. The second kappa shape index (κ2) is 10.8. The van der Waals surface area contributed by atoms with Crippen LogP contribution in [0.2, 0.25) is 0 Å². The van der Waals surface area contributed by atoms with E-state index in [1.165, 1.54) is 19.2 Å². The van der Waals surface area contributed by atoms with Gasteiger partial charge in [-0.2, -0.15) is 0 Å². The van der Waals surface area contributed by atoms with Crippen molar-refractivity contribution in [2.45, 2.75) is 32.7 Å². The van der Waals surface area contributed by atoms with E-state index in [0.717, 1.165) is 10.5 Å². The van der Waals surface area contributed by atoms with Crippen molar-refractivity contribution < 1.29 is 28.6 Å². The van der Waals surface area contributed by atoms with Crippen molar-refractivity contribution in [3.63, 3.8) is 0 Å². The van der Waals surface area contributed by atoms with Crippen molar-refractivity contribution in [2.24, 2.45) is 0 Å². The number of carbonyl (C=O) groups excluding carboxylic acids is 3. The molecule has 32 heavy (non-hydrogen) atoms. The van der Waals surface area contributed by atoms with Gasteiger partial charge in [-0.1, -0.05) is 6.07 Å². The third-order valence-corrected chi connectivity index (χ3v) is 5.11. The predicted octanol–water partition coefficient (Wildman–Crippen LogP) is 2.73. The molecule has 2 amide bonds. The molecular formula is C24H28N2O6. The molecule has 1 aliphatic rings. The van der Waals surface area contributed by atoms with Crippen molar-refractivity contribution in [2.75, 3.05) is 31.8 Å². The highest BCUT2D eigenvalue weighted by Crippen LogP contribution is 2.29. The molecule has 2 aromatic carbocycles. The van der Waals surface area contributed by atoms with Crippen LogP contribution in [0.4, 0.5) is 5.69 Å². The minimum atomic E-state index is -0.586. The van der Waals surface area contributed by atoms with Crippen LogP contribution in [0, 0.1) is 0 Å². The number of benzene rings is 2. The Kier molecular flexibility index (Phi) is 7.83. The highest BCUT2D eigenvalue weighted by molar-refractivity contribution is 6.22. The molecule has 2 aromatic rings. The van der Waals surface area contributed by atoms with Gasteiger partial charge in [-0.3, -0.25) is 9.59 Å². The molecule has 0 aromatic heterocycles. The molecule has 1 unspecified atom stereocenters. The summed E-state index contributed by atoms with van der Waals surface area (Å²) in [5.74, 6) is 0.342. The normalized spacial score (nSPS) is 15.7. The highest BCUT2D eigenvalue weighted by atomic mass is 16.5. The Morgan fingerprint density at radius 2 is 1.72 bits per heavy atom. The molecule has 1 aliphatic heterocycles. The fourth-order valence-electron chi connectivity index (χ4n) is 3.57. The molecule has 0 radical (unpaired) electrons.